The van der Waals surface area contributed by atoms with Gasteiger partial charge in [-0.2, -0.15) is 0 Å². The molecule has 2 rings (SSSR count). The summed E-state index contributed by atoms with van der Waals surface area (Å²) in [6.45, 7) is 6.86. The van der Waals surface area contributed by atoms with E-state index in [1.54, 1.807) is 6.07 Å². The highest BCUT2D eigenvalue weighted by atomic mass is 19.1. The number of aromatic hydroxyl groups is 1. The van der Waals surface area contributed by atoms with Crippen LogP contribution in [0.3, 0.4) is 0 Å². The molecular weight excluding hydrogens is 269 g/mol. The van der Waals surface area contributed by atoms with Gasteiger partial charge in [-0.3, -0.25) is 0 Å². The van der Waals surface area contributed by atoms with E-state index in [9.17, 15) is 14.6 Å². The van der Waals surface area contributed by atoms with Crippen LogP contribution in [0.25, 0.3) is 0 Å². The van der Waals surface area contributed by atoms with Crippen molar-refractivity contribution in [2.75, 3.05) is 6.54 Å². The molecule has 0 radical (unpaired) electrons. The van der Waals surface area contributed by atoms with E-state index in [-0.39, 0.29) is 11.8 Å². The molecule has 0 spiro atoms. The van der Waals surface area contributed by atoms with Gasteiger partial charge in [0, 0.05) is 24.2 Å². The minimum absolute atomic E-state index is 0.0493. The molecule has 0 bridgehead atoms. The van der Waals surface area contributed by atoms with Crippen LogP contribution in [0.15, 0.2) is 18.2 Å². The summed E-state index contributed by atoms with van der Waals surface area (Å²) in [7, 11) is 0. The molecular formula is C17H26FNO2. The third kappa shape index (κ3) is 4.17. The van der Waals surface area contributed by atoms with Crippen LogP contribution < -0.4 is 5.32 Å². The normalized spacial score (nSPS) is 22.0. The predicted octanol–water partition coefficient (Wildman–Crippen LogP) is 3.51. The van der Waals surface area contributed by atoms with Crippen molar-refractivity contribution in [3.05, 3.63) is 29.6 Å². The van der Waals surface area contributed by atoms with Crippen molar-refractivity contribution >= 4 is 0 Å². The first-order valence-corrected chi connectivity index (χ1v) is 7.65. The Morgan fingerprint density at radius 3 is 2.43 bits per heavy atom. The van der Waals surface area contributed by atoms with Gasteiger partial charge in [-0.05, 0) is 44.1 Å². The molecule has 1 aromatic rings. The van der Waals surface area contributed by atoms with Gasteiger partial charge in [0.05, 0.1) is 5.60 Å². The highest BCUT2D eigenvalue weighted by molar-refractivity contribution is 5.34. The van der Waals surface area contributed by atoms with E-state index in [0.29, 0.717) is 17.5 Å². The Morgan fingerprint density at radius 2 is 1.86 bits per heavy atom. The zero-order chi connectivity index (χ0) is 15.7. The van der Waals surface area contributed by atoms with E-state index < -0.39 is 11.4 Å². The second-order valence-electron chi connectivity index (χ2n) is 7.19. The Labute approximate surface area is 126 Å². The Morgan fingerprint density at radius 1 is 1.24 bits per heavy atom. The van der Waals surface area contributed by atoms with Crippen molar-refractivity contribution in [3.63, 3.8) is 0 Å². The maximum Gasteiger partial charge on any atom is 0.126 e. The molecule has 21 heavy (non-hydrogen) atoms. The Balaban J connectivity index is 1.93. The fraction of sp³-hybridized carbons (Fsp3) is 0.647. The van der Waals surface area contributed by atoms with Crippen molar-refractivity contribution in [2.24, 2.45) is 5.41 Å². The van der Waals surface area contributed by atoms with Gasteiger partial charge in [-0.15, -0.1) is 0 Å². The largest absolute Gasteiger partial charge is 0.508 e. The average molecular weight is 295 g/mol. The number of aliphatic hydroxyl groups is 1. The van der Waals surface area contributed by atoms with Gasteiger partial charge in [-0.25, -0.2) is 4.39 Å². The number of hydrogen-bond donors (Lipinski definition) is 3. The number of hydrogen-bond acceptors (Lipinski definition) is 3. The molecule has 0 amide bonds. The number of benzene rings is 1. The lowest BCUT2D eigenvalue weighted by Crippen LogP contribution is -2.45. The maximum atomic E-state index is 13.0. The first-order valence-electron chi connectivity index (χ1n) is 7.65. The van der Waals surface area contributed by atoms with Crippen LogP contribution in [0.2, 0.25) is 0 Å². The second kappa shape index (κ2) is 5.93. The topological polar surface area (TPSA) is 52.5 Å². The molecule has 3 nitrogen and oxygen atoms in total. The van der Waals surface area contributed by atoms with Crippen LogP contribution in [-0.4, -0.2) is 22.4 Å². The van der Waals surface area contributed by atoms with Gasteiger partial charge in [0.1, 0.15) is 11.6 Å². The lowest BCUT2D eigenvalue weighted by molar-refractivity contribution is -0.0258. The van der Waals surface area contributed by atoms with Gasteiger partial charge in [0.25, 0.3) is 0 Å². The monoisotopic (exact) mass is 295 g/mol. The Bertz CT molecular complexity index is 492. The molecule has 1 unspecified atom stereocenters. The lowest BCUT2D eigenvalue weighted by atomic mass is 9.71. The van der Waals surface area contributed by atoms with Crippen LogP contribution in [-0.2, 0) is 0 Å². The minimum Gasteiger partial charge on any atom is -0.508 e. The SMILES string of the molecule is CC(NCC1(O)CCC(C)(C)CC1)c1ccc(F)cc1O. The number of halogens is 1. The van der Waals surface area contributed by atoms with Crippen LogP contribution in [0.1, 0.15) is 58.1 Å². The minimum atomic E-state index is -0.681. The number of nitrogens with one attached hydrogen (secondary N) is 1. The van der Waals surface area contributed by atoms with Crippen LogP contribution in [0.4, 0.5) is 4.39 Å². The molecule has 1 aromatic carbocycles. The number of rotatable bonds is 4. The summed E-state index contributed by atoms with van der Waals surface area (Å²) in [5.41, 5.74) is 0.281. The van der Waals surface area contributed by atoms with E-state index in [1.165, 1.54) is 6.07 Å². The molecule has 1 fully saturated rings. The van der Waals surface area contributed by atoms with Crippen LogP contribution in [0.5, 0.6) is 5.75 Å². The van der Waals surface area contributed by atoms with Crippen molar-refractivity contribution in [1.82, 2.24) is 5.32 Å². The Kier molecular flexibility index (Phi) is 4.59. The molecule has 0 saturated heterocycles. The summed E-state index contributed by atoms with van der Waals surface area (Å²) in [5, 5.41) is 23.7. The van der Waals surface area contributed by atoms with E-state index in [1.807, 2.05) is 6.92 Å². The molecule has 1 atom stereocenters. The van der Waals surface area contributed by atoms with E-state index >= 15 is 0 Å². The predicted molar refractivity (Wildman–Crippen MR) is 81.7 cm³/mol. The quantitative estimate of drug-likeness (QED) is 0.796. The Hall–Kier alpha value is -1.13. The van der Waals surface area contributed by atoms with Crippen LogP contribution in [0, 0.1) is 11.2 Å². The zero-order valence-corrected chi connectivity index (χ0v) is 13.1. The standard InChI is InChI=1S/C17H26FNO2/c1-12(14-5-4-13(18)10-15(14)20)19-11-17(21)8-6-16(2,3)7-9-17/h4-5,10,12,19-21H,6-9,11H2,1-3H3. The fourth-order valence-electron chi connectivity index (χ4n) is 2.90. The van der Waals surface area contributed by atoms with Crippen molar-refractivity contribution < 1.29 is 14.6 Å². The summed E-state index contributed by atoms with van der Waals surface area (Å²) in [5.74, 6) is -0.497. The molecule has 4 heteroatoms. The first-order chi connectivity index (χ1) is 9.71. The zero-order valence-electron chi connectivity index (χ0n) is 13.1. The van der Waals surface area contributed by atoms with Gasteiger partial charge >= 0.3 is 0 Å². The lowest BCUT2D eigenvalue weighted by Gasteiger charge is -2.40. The summed E-state index contributed by atoms with van der Waals surface area (Å²) in [6, 6.07) is 3.90. The van der Waals surface area contributed by atoms with E-state index in [2.05, 4.69) is 19.2 Å². The summed E-state index contributed by atoms with van der Waals surface area (Å²) in [6.07, 6.45) is 3.60. The highest BCUT2D eigenvalue weighted by Crippen LogP contribution is 2.40. The van der Waals surface area contributed by atoms with Crippen molar-refractivity contribution in [2.45, 2.75) is 58.1 Å². The molecule has 118 valence electrons. The average Bonchev–Trinajstić information content (AvgIpc) is 2.40. The van der Waals surface area contributed by atoms with E-state index in [0.717, 1.165) is 31.7 Å². The second-order valence-corrected chi connectivity index (χ2v) is 7.19. The summed E-state index contributed by atoms with van der Waals surface area (Å²) in [4.78, 5) is 0. The van der Waals surface area contributed by atoms with Crippen molar-refractivity contribution in [1.29, 1.82) is 0 Å². The van der Waals surface area contributed by atoms with Gasteiger partial charge in [0.2, 0.25) is 0 Å². The molecule has 0 heterocycles. The molecule has 3 N–H and O–H groups in total. The van der Waals surface area contributed by atoms with Gasteiger partial charge in [0.15, 0.2) is 0 Å². The van der Waals surface area contributed by atoms with E-state index in [4.69, 9.17) is 0 Å². The third-order valence-corrected chi connectivity index (χ3v) is 4.73. The smallest absolute Gasteiger partial charge is 0.126 e. The molecule has 1 aliphatic rings. The van der Waals surface area contributed by atoms with Gasteiger partial charge < -0.3 is 15.5 Å². The maximum absolute atomic E-state index is 13.0. The number of phenolic OH excluding ortho intramolecular Hbond substituents is 1. The molecule has 0 aromatic heterocycles. The third-order valence-electron chi connectivity index (χ3n) is 4.73. The highest BCUT2D eigenvalue weighted by Gasteiger charge is 2.36. The molecule has 1 aliphatic carbocycles. The van der Waals surface area contributed by atoms with Gasteiger partial charge in [-0.1, -0.05) is 19.9 Å². The van der Waals surface area contributed by atoms with Crippen molar-refractivity contribution in [3.8, 4) is 5.75 Å². The summed E-state index contributed by atoms with van der Waals surface area (Å²) < 4.78 is 13.0. The molecule has 1 saturated carbocycles. The summed E-state index contributed by atoms with van der Waals surface area (Å²) >= 11 is 0. The molecule has 0 aliphatic heterocycles. The first kappa shape index (κ1) is 16.2. The number of phenols is 1. The fourth-order valence-corrected chi connectivity index (χ4v) is 2.90. The van der Waals surface area contributed by atoms with Crippen LogP contribution >= 0.6 is 0 Å².